The molecule has 0 aliphatic rings. The van der Waals surface area contributed by atoms with Gasteiger partial charge in [0.1, 0.15) is 5.76 Å². The van der Waals surface area contributed by atoms with Gasteiger partial charge in [-0.2, -0.15) is 0 Å². The predicted molar refractivity (Wildman–Crippen MR) is 66.8 cm³/mol. The van der Waals surface area contributed by atoms with E-state index in [1.807, 2.05) is 17.8 Å². The van der Waals surface area contributed by atoms with Gasteiger partial charge in [-0.3, -0.25) is 0 Å². The van der Waals surface area contributed by atoms with E-state index >= 15 is 0 Å². The van der Waals surface area contributed by atoms with Crippen LogP contribution in [-0.2, 0) is 18.6 Å². The zero-order valence-corrected chi connectivity index (χ0v) is 11.3. The van der Waals surface area contributed by atoms with Crippen LogP contribution in [0, 0.1) is 6.92 Å². The van der Waals surface area contributed by atoms with E-state index < -0.39 is 0 Å². The second-order valence-corrected chi connectivity index (χ2v) is 5.28. The Hall–Kier alpha value is -1.69. The number of nitrogens with zero attached hydrogens (tertiary/aromatic N) is 4. The molecule has 0 aliphatic carbocycles. The fourth-order valence-electron chi connectivity index (χ4n) is 1.51. The lowest BCUT2D eigenvalue weighted by molar-refractivity contribution is 0.347. The summed E-state index contributed by atoms with van der Waals surface area (Å²) in [5.74, 6) is 0.848. The standard InChI is InChI=1S/C12H19N5O/c1-9-11(14-8-18-9)6-13-5-10-7-17(16-15-10)12(2,3)4/h7-8,13H,5-6H2,1-4H3. The molecule has 0 atom stereocenters. The molecule has 6 nitrogen and oxygen atoms in total. The van der Waals surface area contributed by atoms with Crippen molar-refractivity contribution in [1.82, 2.24) is 25.3 Å². The van der Waals surface area contributed by atoms with Gasteiger partial charge in [-0.1, -0.05) is 5.21 Å². The van der Waals surface area contributed by atoms with Gasteiger partial charge in [0.05, 0.1) is 23.1 Å². The molecular formula is C12H19N5O. The van der Waals surface area contributed by atoms with Crippen LogP contribution in [0.25, 0.3) is 0 Å². The van der Waals surface area contributed by atoms with Crippen molar-refractivity contribution < 1.29 is 4.42 Å². The molecule has 0 aromatic carbocycles. The summed E-state index contributed by atoms with van der Waals surface area (Å²) in [5, 5.41) is 11.5. The van der Waals surface area contributed by atoms with Crippen LogP contribution < -0.4 is 5.32 Å². The minimum absolute atomic E-state index is 0.0338. The number of hydrogen-bond acceptors (Lipinski definition) is 5. The molecule has 18 heavy (non-hydrogen) atoms. The Morgan fingerprint density at radius 2 is 2.11 bits per heavy atom. The second kappa shape index (κ2) is 4.89. The molecule has 0 saturated carbocycles. The zero-order chi connectivity index (χ0) is 13.2. The largest absolute Gasteiger partial charge is 0.448 e. The monoisotopic (exact) mass is 249 g/mol. The maximum atomic E-state index is 5.13. The first kappa shape index (κ1) is 12.8. The van der Waals surface area contributed by atoms with Crippen LogP contribution in [-0.4, -0.2) is 20.0 Å². The van der Waals surface area contributed by atoms with Crippen LogP contribution in [0.1, 0.15) is 37.9 Å². The molecule has 0 aliphatic heterocycles. The van der Waals surface area contributed by atoms with Gasteiger partial charge in [-0.05, 0) is 27.7 Å². The summed E-state index contributed by atoms with van der Waals surface area (Å²) >= 11 is 0. The first-order chi connectivity index (χ1) is 8.47. The summed E-state index contributed by atoms with van der Waals surface area (Å²) in [5.41, 5.74) is 1.82. The Morgan fingerprint density at radius 3 is 2.67 bits per heavy atom. The smallest absolute Gasteiger partial charge is 0.181 e. The average molecular weight is 249 g/mol. The van der Waals surface area contributed by atoms with Crippen molar-refractivity contribution in [2.24, 2.45) is 0 Å². The lowest BCUT2D eigenvalue weighted by Crippen LogP contribution is -2.22. The highest BCUT2D eigenvalue weighted by atomic mass is 16.3. The van der Waals surface area contributed by atoms with Crippen molar-refractivity contribution >= 4 is 0 Å². The lowest BCUT2D eigenvalue weighted by atomic mass is 10.1. The molecule has 1 N–H and O–H groups in total. The van der Waals surface area contributed by atoms with Gasteiger partial charge in [0.2, 0.25) is 0 Å². The average Bonchev–Trinajstić information content (AvgIpc) is 2.88. The lowest BCUT2D eigenvalue weighted by Gasteiger charge is -2.17. The van der Waals surface area contributed by atoms with Crippen molar-refractivity contribution in [2.75, 3.05) is 0 Å². The Labute approximate surface area is 106 Å². The van der Waals surface area contributed by atoms with Crippen molar-refractivity contribution in [3.63, 3.8) is 0 Å². The van der Waals surface area contributed by atoms with E-state index in [2.05, 4.69) is 41.4 Å². The molecule has 0 amide bonds. The Morgan fingerprint density at radius 1 is 1.33 bits per heavy atom. The Bertz CT molecular complexity index is 509. The molecule has 0 unspecified atom stereocenters. The highest BCUT2D eigenvalue weighted by Gasteiger charge is 2.14. The normalized spacial score (nSPS) is 12.0. The van der Waals surface area contributed by atoms with Gasteiger partial charge in [0.25, 0.3) is 0 Å². The third-order valence-electron chi connectivity index (χ3n) is 2.67. The fraction of sp³-hybridized carbons (Fsp3) is 0.583. The van der Waals surface area contributed by atoms with Crippen LogP contribution in [0.2, 0.25) is 0 Å². The van der Waals surface area contributed by atoms with Gasteiger partial charge >= 0.3 is 0 Å². The van der Waals surface area contributed by atoms with Crippen molar-refractivity contribution in [1.29, 1.82) is 0 Å². The fourth-order valence-corrected chi connectivity index (χ4v) is 1.51. The SMILES string of the molecule is Cc1ocnc1CNCc1cn(C(C)(C)C)nn1. The van der Waals surface area contributed by atoms with E-state index in [-0.39, 0.29) is 5.54 Å². The molecular weight excluding hydrogens is 230 g/mol. The van der Waals surface area contributed by atoms with Gasteiger partial charge in [-0.15, -0.1) is 5.10 Å². The van der Waals surface area contributed by atoms with E-state index in [1.54, 1.807) is 0 Å². The van der Waals surface area contributed by atoms with Gasteiger partial charge in [-0.25, -0.2) is 9.67 Å². The number of oxazole rings is 1. The highest BCUT2D eigenvalue weighted by molar-refractivity contribution is 5.04. The molecule has 98 valence electrons. The van der Waals surface area contributed by atoms with E-state index in [4.69, 9.17) is 4.42 Å². The summed E-state index contributed by atoms with van der Waals surface area (Å²) in [6.07, 6.45) is 3.42. The van der Waals surface area contributed by atoms with Crippen LogP contribution in [0.15, 0.2) is 17.0 Å². The van der Waals surface area contributed by atoms with Crippen molar-refractivity contribution in [3.8, 4) is 0 Å². The molecule has 0 saturated heterocycles. The molecule has 2 rings (SSSR count). The first-order valence-corrected chi connectivity index (χ1v) is 5.98. The molecule has 0 spiro atoms. The van der Waals surface area contributed by atoms with Crippen LogP contribution in [0.5, 0.6) is 0 Å². The quantitative estimate of drug-likeness (QED) is 0.891. The number of rotatable bonds is 4. The summed E-state index contributed by atoms with van der Waals surface area (Å²) in [4.78, 5) is 4.12. The van der Waals surface area contributed by atoms with Gasteiger partial charge in [0.15, 0.2) is 6.39 Å². The topological polar surface area (TPSA) is 68.8 Å². The van der Waals surface area contributed by atoms with Gasteiger partial charge in [0, 0.05) is 13.1 Å². The third-order valence-corrected chi connectivity index (χ3v) is 2.67. The number of aryl methyl sites for hydroxylation is 1. The molecule has 2 aromatic rings. The molecule has 0 radical (unpaired) electrons. The minimum atomic E-state index is -0.0338. The number of hydrogen-bond donors (Lipinski definition) is 1. The summed E-state index contributed by atoms with van der Waals surface area (Å²) < 4.78 is 7.00. The molecule has 0 bridgehead atoms. The molecule has 6 heteroatoms. The number of aromatic nitrogens is 4. The summed E-state index contributed by atoms with van der Waals surface area (Å²) in [6, 6.07) is 0. The predicted octanol–water partition coefficient (Wildman–Crippen LogP) is 1.62. The zero-order valence-electron chi connectivity index (χ0n) is 11.3. The van der Waals surface area contributed by atoms with E-state index in [0.717, 1.165) is 17.1 Å². The molecule has 2 heterocycles. The molecule has 0 fully saturated rings. The second-order valence-electron chi connectivity index (χ2n) is 5.28. The van der Waals surface area contributed by atoms with Crippen molar-refractivity contribution in [2.45, 2.75) is 46.3 Å². The molecule has 2 aromatic heterocycles. The summed E-state index contributed by atoms with van der Waals surface area (Å²) in [7, 11) is 0. The summed E-state index contributed by atoms with van der Waals surface area (Å²) in [6.45, 7) is 9.53. The Kier molecular flexibility index (Phi) is 3.47. The van der Waals surface area contributed by atoms with Gasteiger partial charge < -0.3 is 9.73 Å². The van der Waals surface area contributed by atoms with Crippen LogP contribution >= 0.6 is 0 Å². The van der Waals surface area contributed by atoms with Crippen molar-refractivity contribution in [3.05, 3.63) is 29.7 Å². The first-order valence-electron chi connectivity index (χ1n) is 5.98. The van der Waals surface area contributed by atoms with Crippen LogP contribution in [0.4, 0.5) is 0 Å². The van der Waals surface area contributed by atoms with E-state index in [0.29, 0.717) is 13.1 Å². The number of nitrogens with one attached hydrogen (secondary N) is 1. The van der Waals surface area contributed by atoms with E-state index in [9.17, 15) is 0 Å². The van der Waals surface area contributed by atoms with E-state index in [1.165, 1.54) is 6.39 Å². The maximum absolute atomic E-state index is 5.13. The minimum Gasteiger partial charge on any atom is -0.448 e. The Balaban J connectivity index is 1.88. The van der Waals surface area contributed by atoms with Crippen LogP contribution in [0.3, 0.4) is 0 Å². The maximum Gasteiger partial charge on any atom is 0.181 e. The highest BCUT2D eigenvalue weighted by Crippen LogP contribution is 2.11. The third kappa shape index (κ3) is 2.95.